The molecule has 2 saturated heterocycles. The molecular formula is C23H36FIN4O. The Balaban J connectivity index is 0.00000256. The van der Waals surface area contributed by atoms with Crippen molar-refractivity contribution in [3.63, 3.8) is 0 Å². The average Bonchev–Trinajstić information content (AvgIpc) is 3.43. The molecule has 1 N–H and O–H groups in total. The maximum atomic E-state index is 13.5. The fraction of sp³-hybridized carbons (Fsp3) is 0.696. The fourth-order valence-electron chi connectivity index (χ4n) is 5.22. The zero-order chi connectivity index (χ0) is 20.1. The Labute approximate surface area is 197 Å². The second-order valence-corrected chi connectivity index (χ2v) is 8.70. The highest BCUT2D eigenvalue weighted by Gasteiger charge is 2.36. The second kappa shape index (κ2) is 11.1. The first-order valence-electron chi connectivity index (χ1n) is 11.3. The van der Waals surface area contributed by atoms with Crippen LogP contribution in [0, 0.1) is 5.82 Å². The van der Waals surface area contributed by atoms with Gasteiger partial charge in [-0.2, -0.15) is 0 Å². The first kappa shape index (κ1) is 23.7. The van der Waals surface area contributed by atoms with Gasteiger partial charge in [-0.1, -0.05) is 25.0 Å². The van der Waals surface area contributed by atoms with Crippen molar-refractivity contribution < 1.29 is 9.13 Å². The minimum Gasteiger partial charge on any atom is -0.379 e. The molecule has 2 aliphatic heterocycles. The van der Waals surface area contributed by atoms with E-state index in [4.69, 9.17) is 9.73 Å². The summed E-state index contributed by atoms with van der Waals surface area (Å²) in [6, 6.07) is 7.72. The van der Waals surface area contributed by atoms with Crippen LogP contribution >= 0.6 is 24.0 Å². The Morgan fingerprint density at radius 2 is 1.87 bits per heavy atom. The van der Waals surface area contributed by atoms with Crippen molar-refractivity contribution in [1.82, 2.24) is 15.1 Å². The van der Waals surface area contributed by atoms with Gasteiger partial charge in [0.05, 0.1) is 19.8 Å². The molecule has 0 bridgehead atoms. The number of benzene rings is 1. The normalized spacial score (nSPS) is 24.7. The van der Waals surface area contributed by atoms with E-state index in [1.54, 1.807) is 12.1 Å². The molecule has 4 rings (SSSR count). The number of rotatable bonds is 5. The van der Waals surface area contributed by atoms with E-state index in [9.17, 15) is 4.39 Å². The van der Waals surface area contributed by atoms with Gasteiger partial charge in [-0.3, -0.25) is 9.89 Å². The lowest BCUT2D eigenvalue weighted by Crippen LogP contribution is -2.47. The van der Waals surface area contributed by atoms with Gasteiger partial charge in [0, 0.05) is 44.2 Å². The van der Waals surface area contributed by atoms with Gasteiger partial charge in [0.15, 0.2) is 5.96 Å². The molecule has 1 saturated carbocycles. The SMILES string of the molecule is CCNC(=NCC1(c2ccc(F)cc2)CCCC1)N1CCC(N2CCOCC2)C1.I. The highest BCUT2D eigenvalue weighted by atomic mass is 127. The highest BCUT2D eigenvalue weighted by Crippen LogP contribution is 2.41. The van der Waals surface area contributed by atoms with E-state index < -0.39 is 0 Å². The van der Waals surface area contributed by atoms with Gasteiger partial charge in [0.25, 0.3) is 0 Å². The molecule has 30 heavy (non-hydrogen) atoms. The number of hydrogen-bond acceptors (Lipinski definition) is 3. The molecule has 5 nitrogen and oxygen atoms in total. The minimum absolute atomic E-state index is 0. The molecule has 1 unspecified atom stereocenters. The number of likely N-dealkylation sites (tertiary alicyclic amines) is 1. The number of nitrogens with one attached hydrogen (secondary N) is 1. The number of ether oxygens (including phenoxy) is 1. The number of morpholine rings is 1. The van der Waals surface area contributed by atoms with Gasteiger partial charge in [0.1, 0.15) is 5.82 Å². The summed E-state index contributed by atoms with van der Waals surface area (Å²) in [6.45, 7) is 9.67. The molecule has 0 spiro atoms. The molecule has 7 heteroatoms. The van der Waals surface area contributed by atoms with Crippen LogP contribution in [0.2, 0.25) is 0 Å². The topological polar surface area (TPSA) is 40.1 Å². The first-order chi connectivity index (χ1) is 14.2. The molecule has 0 radical (unpaired) electrons. The lowest BCUT2D eigenvalue weighted by molar-refractivity contribution is 0.0195. The molecule has 168 valence electrons. The van der Waals surface area contributed by atoms with Crippen molar-refractivity contribution >= 4 is 29.9 Å². The maximum absolute atomic E-state index is 13.5. The Morgan fingerprint density at radius 3 is 2.53 bits per heavy atom. The van der Waals surface area contributed by atoms with Crippen molar-refractivity contribution in [3.8, 4) is 0 Å². The van der Waals surface area contributed by atoms with Gasteiger partial charge in [0.2, 0.25) is 0 Å². The zero-order valence-corrected chi connectivity index (χ0v) is 20.4. The predicted octanol–water partition coefficient (Wildman–Crippen LogP) is 3.63. The quantitative estimate of drug-likeness (QED) is 0.359. The van der Waals surface area contributed by atoms with Crippen molar-refractivity contribution in [3.05, 3.63) is 35.6 Å². The summed E-state index contributed by atoms with van der Waals surface area (Å²) < 4.78 is 19.0. The predicted molar refractivity (Wildman–Crippen MR) is 130 cm³/mol. The van der Waals surface area contributed by atoms with Crippen LogP contribution in [0.3, 0.4) is 0 Å². The van der Waals surface area contributed by atoms with Gasteiger partial charge >= 0.3 is 0 Å². The number of hydrogen-bond donors (Lipinski definition) is 1. The van der Waals surface area contributed by atoms with E-state index >= 15 is 0 Å². The summed E-state index contributed by atoms with van der Waals surface area (Å²) in [7, 11) is 0. The molecule has 0 amide bonds. The monoisotopic (exact) mass is 530 g/mol. The van der Waals surface area contributed by atoms with E-state index in [2.05, 4.69) is 22.0 Å². The first-order valence-corrected chi connectivity index (χ1v) is 11.3. The van der Waals surface area contributed by atoms with Crippen LogP contribution in [-0.4, -0.2) is 74.3 Å². The van der Waals surface area contributed by atoms with Crippen LogP contribution in [0.5, 0.6) is 0 Å². The van der Waals surface area contributed by atoms with Crippen LogP contribution in [0.15, 0.2) is 29.3 Å². The summed E-state index contributed by atoms with van der Waals surface area (Å²) in [5.74, 6) is 0.876. The smallest absolute Gasteiger partial charge is 0.193 e. The lowest BCUT2D eigenvalue weighted by atomic mass is 9.79. The molecule has 0 aromatic heterocycles. The van der Waals surface area contributed by atoms with E-state index in [0.29, 0.717) is 6.04 Å². The third-order valence-corrected chi connectivity index (χ3v) is 6.91. The van der Waals surface area contributed by atoms with Crippen molar-refractivity contribution in [2.75, 3.05) is 52.5 Å². The third kappa shape index (κ3) is 5.46. The molecule has 3 fully saturated rings. The highest BCUT2D eigenvalue weighted by molar-refractivity contribution is 14.0. The fourth-order valence-corrected chi connectivity index (χ4v) is 5.22. The Hall–Kier alpha value is -0.930. The van der Waals surface area contributed by atoms with Crippen molar-refractivity contribution in [1.29, 1.82) is 0 Å². The van der Waals surface area contributed by atoms with Crippen LogP contribution in [-0.2, 0) is 10.2 Å². The summed E-state index contributed by atoms with van der Waals surface area (Å²) in [5.41, 5.74) is 1.29. The third-order valence-electron chi connectivity index (χ3n) is 6.91. The Morgan fingerprint density at radius 1 is 1.17 bits per heavy atom. The molecule has 1 aliphatic carbocycles. The number of nitrogens with zero attached hydrogens (tertiary/aromatic N) is 3. The Kier molecular flexibility index (Phi) is 8.77. The lowest BCUT2D eigenvalue weighted by Gasteiger charge is -2.32. The molecule has 1 aromatic rings. The Bertz CT molecular complexity index is 687. The van der Waals surface area contributed by atoms with Gasteiger partial charge in [-0.05, 0) is 43.9 Å². The van der Waals surface area contributed by atoms with E-state index in [1.165, 1.54) is 24.8 Å². The number of aliphatic imine (C=N–C) groups is 1. The van der Waals surface area contributed by atoms with Gasteiger partial charge < -0.3 is 15.0 Å². The zero-order valence-electron chi connectivity index (χ0n) is 18.1. The summed E-state index contributed by atoms with van der Waals surface area (Å²) in [4.78, 5) is 10.1. The molecule has 1 aromatic carbocycles. The van der Waals surface area contributed by atoms with Crippen molar-refractivity contribution in [2.24, 2.45) is 4.99 Å². The standard InChI is InChI=1S/C23H35FN4O.HI/c1-2-25-22(28-12-9-21(17-28)27-13-15-29-16-14-27)26-18-23(10-3-4-11-23)19-5-7-20(24)8-6-19;/h5-8,21H,2-4,9-18H2,1H3,(H,25,26);1H. The van der Waals surface area contributed by atoms with Crippen LogP contribution < -0.4 is 5.32 Å². The van der Waals surface area contributed by atoms with Gasteiger partial charge in [-0.25, -0.2) is 4.39 Å². The van der Waals surface area contributed by atoms with Crippen LogP contribution in [0.4, 0.5) is 4.39 Å². The summed E-state index contributed by atoms with van der Waals surface area (Å²) >= 11 is 0. The van der Waals surface area contributed by atoms with E-state index in [-0.39, 0.29) is 35.2 Å². The number of halogens is 2. The number of guanidine groups is 1. The van der Waals surface area contributed by atoms with Crippen molar-refractivity contribution in [2.45, 2.75) is 50.5 Å². The van der Waals surface area contributed by atoms with E-state index in [0.717, 1.165) is 71.3 Å². The van der Waals surface area contributed by atoms with Crippen LogP contribution in [0.25, 0.3) is 0 Å². The minimum atomic E-state index is -0.162. The maximum Gasteiger partial charge on any atom is 0.193 e. The summed E-state index contributed by atoms with van der Waals surface area (Å²) in [5, 5.41) is 3.52. The van der Waals surface area contributed by atoms with E-state index in [1.807, 2.05) is 12.1 Å². The summed E-state index contributed by atoms with van der Waals surface area (Å²) in [6.07, 6.45) is 5.92. The average molecular weight is 530 g/mol. The second-order valence-electron chi connectivity index (χ2n) is 8.70. The molecule has 1 atom stereocenters. The van der Waals surface area contributed by atoms with Gasteiger partial charge in [-0.15, -0.1) is 24.0 Å². The molecular weight excluding hydrogens is 494 g/mol. The molecule has 3 aliphatic rings. The van der Waals surface area contributed by atoms with Crippen LogP contribution in [0.1, 0.15) is 44.6 Å². The molecule has 2 heterocycles. The largest absolute Gasteiger partial charge is 0.379 e.